The van der Waals surface area contributed by atoms with Gasteiger partial charge < -0.3 is 5.73 Å². The topological polar surface area (TPSA) is 29.3 Å². The molecule has 0 radical (unpaired) electrons. The lowest BCUT2D eigenvalue weighted by Crippen LogP contribution is -2.46. The minimum absolute atomic E-state index is 0.245. The van der Waals surface area contributed by atoms with Crippen LogP contribution in [-0.2, 0) is 0 Å². The van der Waals surface area contributed by atoms with Crippen LogP contribution < -0.4 is 5.73 Å². The molecule has 2 atom stereocenters. The van der Waals surface area contributed by atoms with Gasteiger partial charge in [0.2, 0.25) is 0 Å². The van der Waals surface area contributed by atoms with E-state index in [1.54, 1.807) is 0 Å². The van der Waals surface area contributed by atoms with Crippen molar-refractivity contribution in [2.75, 3.05) is 6.54 Å². The molecule has 1 aromatic heterocycles. The van der Waals surface area contributed by atoms with Gasteiger partial charge in [0.1, 0.15) is 0 Å². The molecule has 2 N–H and O–H groups in total. The molecular formula is C17H30N2S. The zero-order chi connectivity index (χ0) is 14.5. The van der Waals surface area contributed by atoms with Crippen molar-refractivity contribution in [3.63, 3.8) is 0 Å². The molecule has 2 rings (SSSR count). The van der Waals surface area contributed by atoms with Crippen molar-refractivity contribution >= 4 is 11.3 Å². The van der Waals surface area contributed by atoms with Crippen LogP contribution in [0, 0.1) is 6.92 Å². The van der Waals surface area contributed by atoms with E-state index >= 15 is 0 Å². The standard InChI is InChI=1S/C17H30N2S/c1-4-15(18)17(16-12-11-13(3)20-16)19(5-2)14-9-7-6-8-10-14/h11-12,14-15,17H,4-10,18H2,1-3H3. The van der Waals surface area contributed by atoms with Crippen LogP contribution in [0.4, 0.5) is 0 Å². The molecule has 1 saturated carbocycles. The Balaban J connectivity index is 2.23. The van der Waals surface area contributed by atoms with Gasteiger partial charge in [-0.1, -0.05) is 33.1 Å². The zero-order valence-corrected chi connectivity index (χ0v) is 14.1. The molecule has 0 aliphatic heterocycles. The number of hydrogen-bond donors (Lipinski definition) is 1. The molecule has 20 heavy (non-hydrogen) atoms. The number of nitrogens with zero attached hydrogens (tertiary/aromatic N) is 1. The van der Waals surface area contributed by atoms with E-state index in [2.05, 4.69) is 37.8 Å². The van der Waals surface area contributed by atoms with Crippen LogP contribution >= 0.6 is 11.3 Å². The first-order valence-electron chi connectivity index (χ1n) is 8.25. The van der Waals surface area contributed by atoms with E-state index in [0.717, 1.165) is 19.0 Å². The third-order valence-corrected chi connectivity index (χ3v) is 5.77. The fourth-order valence-electron chi connectivity index (χ4n) is 3.55. The Labute approximate surface area is 128 Å². The highest BCUT2D eigenvalue weighted by Gasteiger charge is 2.31. The highest BCUT2D eigenvalue weighted by atomic mass is 32.1. The van der Waals surface area contributed by atoms with E-state index in [4.69, 9.17) is 5.73 Å². The molecule has 1 aliphatic carbocycles. The lowest BCUT2D eigenvalue weighted by Gasteiger charge is -2.41. The SMILES string of the molecule is CCC(N)C(c1ccc(C)s1)N(CC)C1CCCCC1. The Morgan fingerprint density at radius 2 is 1.95 bits per heavy atom. The van der Waals surface area contributed by atoms with Crippen LogP contribution in [0.25, 0.3) is 0 Å². The van der Waals surface area contributed by atoms with Crippen LogP contribution in [0.3, 0.4) is 0 Å². The van der Waals surface area contributed by atoms with Gasteiger partial charge in [0.15, 0.2) is 0 Å². The van der Waals surface area contributed by atoms with E-state index in [9.17, 15) is 0 Å². The average molecular weight is 295 g/mol. The first kappa shape index (κ1) is 16.0. The molecule has 114 valence electrons. The largest absolute Gasteiger partial charge is 0.326 e. The summed E-state index contributed by atoms with van der Waals surface area (Å²) in [6.07, 6.45) is 7.94. The third kappa shape index (κ3) is 3.63. The van der Waals surface area contributed by atoms with Gasteiger partial charge in [0, 0.05) is 21.8 Å². The van der Waals surface area contributed by atoms with Crippen LogP contribution in [0.5, 0.6) is 0 Å². The maximum absolute atomic E-state index is 6.51. The van der Waals surface area contributed by atoms with Gasteiger partial charge in [-0.3, -0.25) is 4.90 Å². The summed E-state index contributed by atoms with van der Waals surface area (Å²) < 4.78 is 0. The number of likely N-dealkylation sites (N-methyl/N-ethyl adjacent to an activating group) is 1. The van der Waals surface area contributed by atoms with E-state index < -0.39 is 0 Å². The Morgan fingerprint density at radius 3 is 2.45 bits per heavy atom. The quantitative estimate of drug-likeness (QED) is 0.837. The molecule has 1 aliphatic rings. The van der Waals surface area contributed by atoms with E-state index in [0.29, 0.717) is 6.04 Å². The molecule has 0 aromatic carbocycles. The molecule has 1 heterocycles. The second-order valence-electron chi connectivity index (χ2n) is 6.09. The second kappa shape index (κ2) is 7.58. The van der Waals surface area contributed by atoms with E-state index in [1.165, 1.54) is 41.9 Å². The summed E-state index contributed by atoms with van der Waals surface area (Å²) in [5.41, 5.74) is 6.51. The molecule has 3 heteroatoms. The highest BCUT2D eigenvalue weighted by Crippen LogP contribution is 2.35. The van der Waals surface area contributed by atoms with Gasteiger partial charge in [-0.15, -0.1) is 11.3 Å². The van der Waals surface area contributed by atoms with Crippen molar-refractivity contribution in [1.29, 1.82) is 0 Å². The summed E-state index contributed by atoms with van der Waals surface area (Å²) in [4.78, 5) is 5.55. The number of aryl methyl sites for hydroxylation is 1. The molecule has 0 saturated heterocycles. The molecule has 0 bridgehead atoms. The van der Waals surface area contributed by atoms with Crippen molar-refractivity contribution < 1.29 is 0 Å². The van der Waals surface area contributed by atoms with Crippen molar-refractivity contribution in [2.24, 2.45) is 5.73 Å². The monoisotopic (exact) mass is 294 g/mol. The minimum atomic E-state index is 0.245. The number of rotatable bonds is 6. The summed E-state index contributed by atoms with van der Waals surface area (Å²) in [6, 6.07) is 5.93. The fourth-order valence-corrected chi connectivity index (χ4v) is 4.63. The van der Waals surface area contributed by atoms with Crippen LogP contribution in [0.1, 0.15) is 68.2 Å². The molecule has 2 nitrogen and oxygen atoms in total. The fraction of sp³-hybridized carbons (Fsp3) is 0.765. The first-order valence-corrected chi connectivity index (χ1v) is 9.06. The number of hydrogen-bond acceptors (Lipinski definition) is 3. The molecule has 1 aromatic rings. The maximum Gasteiger partial charge on any atom is 0.0595 e. The number of nitrogens with two attached hydrogens (primary N) is 1. The Morgan fingerprint density at radius 1 is 1.25 bits per heavy atom. The molecule has 2 unspecified atom stereocenters. The minimum Gasteiger partial charge on any atom is -0.326 e. The van der Waals surface area contributed by atoms with Crippen molar-refractivity contribution in [2.45, 2.75) is 77.4 Å². The Bertz CT molecular complexity index is 395. The van der Waals surface area contributed by atoms with Gasteiger partial charge >= 0.3 is 0 Å². The Hall–Kier alpha value is -0.380. The van der Waals surface area contributed by atoms with Gasteiger partial charge in [0.25, 0.3) is 0 Å². The summed E-state index contributed by atoms with van der Waals surface area (Å²) >= 11 is 1.93. The first-order chi connectivity index (χ1) is 9.67. The smallest absolute Gasteiger partial charge is 0.0595 e. The summed E-state index contributed by atoms with van der Waals surface area (Å²) in [5.74, 6) is 0. The summed E-state index contributed by atoms with van der Waals surface area (Å²) in [6.45, 7) is 7.82. The summed E-state index contributed by atoms with van der Waals surface area (Å²) in [5, 5.41) is 0. The highest BCUT2D eigenvalue weighted by molar-refractivity contribution is 7.12. The second-order valence-corrected chi connectivity index (χ2v) is 7.41. The lowest BCUT2D eigenvalue weighted by atomic mass is 9.91. The predicted molar refractivity (Wildman–Crippen MR) is 89.3 cm³/mol. The number of thiophene rings is 1. The van der Waals surface area contributed by atoms with Crippen molar-refractivity contribution in [1.82, 2.24) is 4.90 Å². The van der Waals surface area contributed by atoms with Gasteiger partial charge in [-0.2, -0.15) is 0 Å². The average Bonchev–Trinajstić information content (AvgIpc) is 2.90. The maximum atomic E-state index is 6.51. The van der Waals surface area contributed by atoms with Gasteiger partial charge in [-0.05, 0) is 44.9 Å². The molecule has 0 amide bonds. The lowest BCUT2D eigenvalue weighted by molar-refractivity contribution is 0.0951. The van der Waals surface area contributed by atoms with Crippen LogP contribution in [-0.4, -0.2) is 23.5 Å². The predicted octanol–water partition coefficient (Wildman–Crippen LogP) is 4.49. The molecule has 0 spiro atoms. The molecular weight excluding hydrogens is 264 g/mol. The zero-order valence-electron chi connectivity index (χ0n) is 13.3. The van der Waals surface area contributed by atoms with Crippen molar-refractivity contribution in [3.8, 4) is 0 Å². The van der Waals surface area contributed by atoms with Crippen molar-refractivity contribution in [3.05, 3.63) is 21.9 Å². The normalized spacial score (nSPS) is 20.2. The Kier molecular flexibility index (Phi) is 6.06. The van der Waals surface area contributed by atoms with Gasteiger partial charge in [-0.25, -0.2) is 0 Å². The van der Waals surface area contributed by atoms with E-state index in [1.807, 2.05) is 11.3 Å². The van der Waals surface area contributed by atoms with Crippen LogP contribution in [0.15, 0.2) is 12.1 Å². The van der Waals surface area contributed by atoms with Gasteiger partial charge in [0.05, 0.1) is 6.04 Å². The molecule has 1 fully saturated rings. The third-order valence-electron chi connectivity index (χ3n) is 4.70. The van der Waals surface area contributed by atoms with Crippen LogP contribution in [0.2, 0.25) is 0 Å². The van der Waals surface area contributed by atoms with E-state index in [-0.39, 0.29) is 6.04 Å². The summed E-state index contributed by atoms with van der Waals surface area (Å²) in [7, 11) is 0.